The van der Waals surface area contributed by atoms with Crippen molar-refractivity contribution in [2.45, 2.75) is 6.18 Å². The molecule has 4 nitrogen and oxygen atoms in total. The summed E-state index contributed by atoms with van der Waals surface area (Å²) in [6.45, 7) is 0. The summed E-state index contributed by atoms with van der Waals surface area (Å²) in [6, 6.07) is 18.1. The van der Waals surface area contributed by atoms with E-state index < -0.39 is 17.6 Å². The number of rotatable bonds is 4. The number of carbonyl (C=O) groups is 1. The number of halogens is 3. The van der Waals surface area contributed by atoms with Crippen molar-refractivity contribution in [3.05, 3.63) is 83.6 Å². The summed E-state index contributed by atoms with van der Waals surface area (Å²) in [5, 5.41) is 11.8. The molecule has 1 aromatic heterocycles. The highest BCUT2D eigenvalue weighted by Crippen LogP contribution is 2.37. The van der Waals surface area contributed by atoms with Gasteiger partial charge in [0, 0.05) is 17.3 Å². The van der Waals surface area contributed by atoms with Crippen LogP contribution in [0, 0.1) is 11.3 Å². The van der Waals surface area contributed by atoms with Crippen LogP contribution in [0.5, 0.6) is 0 Å². The predicted molar refractivity (Wildman–Crippen MR) is 97.8 cm³/mol. The van der Waals surface area contributed by atoms with Gasteiger partial charge in [-0.3, -0.25) is 4.79 Å². The Bertz CT molecular complexity index is 1060. The fourth-order valence-corrected chi connectivity index (χ4v) is 2.53. The van der Waals surface area contributed by atoms with Crippen LogP contribution in [0.15, 0.2) is 76.7 Å². The first kappa shape index (κ1) is 19.0. The Labute approximate surface area is 158 Å². The molecule has 3 rings (SSSR count). The minimum absolute atomic E-state index is 0.0140. The Balaban J connectivity index is 1.88. The van der Waals surface area contributed by atoms with E-state index in [2.05, 4.69) is 5.32 Å². The largest absolute Gasteiger partial charge is 0.457 e. The van der Waals surface area contributed by atoms with Crippen molar-refractivity contribution in [3.63, 3.8) is 0 Å². The molecule has 0 atom stereocenters. The Morgan fingerprint density at radius 3 is 2.36 bits per heavy atom. The first-order valence-electron chi connectivity index (χ1n) is 8.13. The number of nitriles is 1. The van der Waals surface area contributed by atoms with Crippen molar-refractivity contribution in [2.75, 3.05) is 5.32 Å². The Kier molecular flexibility index (Phi) is 5.32. The second kappa shape index (κ2) is 7.84. The number of hydrogen-bond donors (Lipinski definition) is 1. The molecule has 0 saturated heterocycles. The molecule has 0 aliphatic rings. The van der Waals surface area contributed by atoms with E-state index in [4.69, 9.17) is 4.42 Å². The summed E-state index contributed by atoms with van der Waals surface area (Å²) in [6.07, 6.45) is -3.36. The number of para-hydroxylation sites is 1. The quantitative estimate of drug-likeness (QED) is 0.478. The lowest BCUT2D eigenvalue weighted by molar-refractivity contribution is -0.137. The lowest BCUT2D eigenvalue weighted by Crippen LogP contribution is -2.13. The second-order valence-electron chi connectivity index (χ2n) is 5.74. The molecule has 0 bridgehead atoms. The zero-order chi connectivity index (χ0) is 20.1. The first-order valence-corrected chi connectivity index (χ1v) is 8.13. The van der Waals surface area contributed by atoms with E-state index in [1.54, 1.807) is 36.4 Å². The minimum atomic E-state index is -4.53. The van der Waals surface area contributed by atoms with Gasteiger partial charge in [0.15, 0.2) is 0 Å². The average molecular weight is 382 g/mol. The average Bonchev–Trinajstić information content (AvgIpc) is 3.14. The molecule has 3 aromatic rings. The molecule has 2 aromatic carbocycles. The molecule has 28 heavy (non-hydrogen) atoms. The molecule has 1 N–H and O–H groups in total. The summed E-state index contributed by atoms with van der Waals surface area (Å²) >= 11 is 0. The predicted octanol–water partition coefficient (Wildman–Crippen LogP) is 5.51. The number of anilines is 1. The van der Waals surface area contributed by atoms with Crippen LogP contribution < -0.4 is 5.32 Å². The van der Waals surface area contributed by atoms with Gasteiger partial charge in [0.1, 0.15) is 23.2 Å². The highest BCUT2D eigenvalue weighted by Gasteiger charge is 2.34. The Hall–Kier alpha value is -3.79. The lowest BCUT2D eigenvalue weighted by Gasteiger charge is -2.10. The third kappa shape index (κ3) is 4.30. The molecule has 0 radical (unpaired) electrons. The molecule has 7 heteroatoms. The standard InChI is InChI=1S/C21H13F3N2O2/c22-21(23,24)18-9-5-4-8-17(18)19-11-10-16(28-19)12-14(13-25)20(27)26-15-6-2-1-3-7-15/h1-12H,(H,26,27)/b14-12+. The smallest absolute Gasteiger partial charge is 0.417 e. The Morgan fingerprint density at radius 2 is 1.68 bits per heavy atom. The van der Waals surface area contributed by atoms with Crippen LogP contribution in [0.2, 0.25) is 0 Å². The van der Waals surface area contributed by atoms with Crippen LogP contribution in [0.25, 0.3) is 17.4 Å². The highest BCUT2D eigenvalue weighted by atomic mass is 19.4. The topological polar surface area (TPSA) is 66.0 Å². The summed E-state index contributed by atoms with van der Waals surface area (Å²) in [4.78, 5) is 12.2. The molecule has 0 fully saturated rings. The van der Waals surface area contributed by atoms with Gasteiger partial charge in [-0.25, -0.2) is 0 Å². The number of alkyl halides is 3. The summed E-state index contributed by atoms with van der Waals surface area (Å²) in [5.74, 6) is -0.575. The monoisotopic (exact) mass is 382 g/mol. The summed E-state index contributed by atoms with van der Waals surface area (Å²) in [5.41, 5.74) is -0.689. The maximum Gasteiger partial charge on any atom is 0.417 e. The van der Waals surface area contributed by atoms with Crippen LogP contribution in [0.4, 0.5) is 18.9 Å². The molecule has 1 heterocycles. The number of furan rings is 1. The van der Waals surface area contributed by atoms with Crippen LogP contribution >= 0.6 is 0 Å². The second-order valence-corrected chi connectivity index (χ2v) is 5.74. The van der Waals surface area contributed by atoms with Gasteiger partial charge < -0.3 is 9.73 Å². The molecule has 0 saturated carbocycles. The van der Waals surface area contributed by atoms with Gasteiger partial charge in [0.2, 0.25) is 0 Å². The van der Waals surface area contributed by atoms with Crippen LogP contribution in [0.1, 0.15) is 11.3 Å². The lowest BCUT2D eigenvalue weighted by atomic mass is 10.1. The van der Waals surface area contributed by atoms with E-state index in [0.29, 0.717) is 5.69 Å². The van der Waals surface area contributed by atoms with E-state index in [1.165, 1.54) is 36.4 Å². The van der Waals surface area contributed by atoms with Gasteiger partial charge in [-0.05, 0) is 30.3 Å². The minimum Gasteiger partial charge on any atom is -0.457 e. The summed E-state index contributed by atoms with van der Waals surface area (Å²) < 4.78 is 44.9. The Morgan fingerprint density at radius 1 is 1.00 bits per heavy atom. The van der Waals surface area contributed by atoms with Crippen molar-refractivity contribution in [2.24, 2.45) is 0 Å². The number of nitrogens with one attached hydrogen (secondary N) is 1. The number of benzene rings is 2. The van der Waals surface area contributed by atoms with Crippen LogP contribution in [-0.2, 0) is 11.0 Å². The van der Waals surface area contributed by atoms with Crippen molar-refractivity contribution in [1.82, 2.24) is 0 Å². The summed E-state index contributed by atoms with van der Waals surface area (Å²) in [7, 11) is 0. The zero-order valence-corrected chi connectivity index (χ0v) is 14.3. The molecule has 140 valence electrons. The van der Waals surface area contributed by atoms with Gasteiger partial charge >= 0.3 is 6.18 Å². The van der Waals surface area contributed by atoms with Crippen molar-refractivity contribution >= 4 is 17.7 Å². The fourth-order valence-electron chi connectivity index (χ4n) is 2.53. The van der Waals surface area contributed by atoms with E-state index in [1.807, 2.05) is 0 Å². The molecular formula is C21H13F3N2O2. The number of nitrogens with zero attached hydrogens (tertiary/aromatic N) is 1. The third-order valence-electron chi connectivity index (χ3n) is 3.81. The van der Waals surface area contributed by atoms with Crippen molar-refractivity contribution in [1.29, 1.82) is 5.26 Å². The van der Waals surface area contributed by atoms with Gasteiger partial charge in [-0.15, -0.1) is 0 Å². The SMILES string of the molecule is N#C/C(=C\c1ccc(-c2ccccc2C(F)(F)F)o1)C(=O)Nc1ccccc1. The number of hydrogen-bond acceptors (Lipinski definition) is 3. The first-order chi connectivity index (χ1) is 13.4. The highest BCUT2D eigenvalue weighted by molar-refractivity contribution is 6.09. The van der Waals surface area contributed by atoms with Crippen LogP contribution in [0.3, 0.4) is 0 Å². The van der Waals surface area contributed by atoms with Crippen LogP contribution in [-0.4, -0.2) is 5.91 Å². The number of amides is 1. The normalized spacial score (nSPS) is 11.7. The molecule has 0 aliphatic heterocycles. The number of carbonyl (C=O) groups excluding carboxylic acids is 1. The van der Waals surface area contributed by atoms with E-state index >= 15 is 0 Å². The molecule has 0 aliphatic carbocycles. The van der Waals surface area contributed by atoms with Gasteiger partial charge in [0.05, 0.1) is 5.56 Å². The van der Waals surface area contributed by atoms with Gasteiger partial charge in [0.25, 0.3) is 5.91 Å². The van der Waals surface area contributed by atoms with Gasteiger partial charge in [-0.1, -0.05) is 36.4 Å². The maximum atomic E-state index is 13.2. The van der Waals surface area contributed by atoms with Gasteiger partial charge in [-0.2, -0.15) is 18.4 Å². The third-order valence-corrected chi connectivity index (χ3v) is 3.81. The van der Waals surface area contributed by atoms with Crippen molar-refractivity contribution in [3.8, 4) is 17.4 Å². The molecular weight excluding hydrogens is 369 g/mol. The van der Waals surface area contributed by atoms with E-state index in [0.717, 1.165) is 6.07 Å². The van der Waals surface area contributed by atoms with E-state index in [-0.39, 0.29) is 22.7 Å². The van der Waals surface area contributed by atoms with Crippen molar-refractivity contribution < 1.29 is 22.4 Å². The zero-order valence-electron chi connectivity index (χ0n) is 14.3. The molecule has 0 spiro atoms. The molecule has 0 unspecified atom stereocenters. The maximum absolute atomic E-state index is 13.2. The molecule has 1 amide bonds. The van der Waals surface area contributed by atoms with E-state index in [9.17, 15) is 23.2 Å². The fraction of sp³-hybridized carbons (Fsp3) is 0.0476.